The van der Waals surface area contributed by atoms with Crippen molar-refractivity contribution in [1.82, 2.24) is 14.7 Å². The molecule has 2 aromatic carbocycles. The molecule has 2 aliphatic heterocycles. The van der Waals surface area contributed by atoms with Gasteiger partial charge in [-0.05, 0) is 44.4 Å². The summed E-state index contributed by atoms with van der Waals surface area (Å²) in [5.74, 6) is -0.339. The van der Waals surface area contributed by atoms with E-state index in [1.54, 1.807) is 17.9 Å². The quantitative estimate of drug-likeness (QED) is 0.332. The number of fused-ring (bicyclic) bond motifs is 1. The van der Waals surface area contributed by atoms with Crippen LogP contribution in [0.5, 0.6) is 17.2 Å². The highest BCUT2D eigenvalue weighted by atomic mass is 16.5. The number of carbonyl (C=O) groups is 2. The molecule has 2 heterocycles. The van der Waals surface area contributed by atoms with Gasteiger partial charge in [0.25, 0.3) is 5.91 Å². The van der Waals surface area contributed by atoms with Crippen molar-refractivity contribution in [1.29, 1.82) is 0 Å². The Hall–Kier alpha value is -3.56. The number of hydrogen-bond acceptors (Lipinski definition) is 7. The van der Waals surface area contributed by atoms with Crippen LogP contribution in [0.2, 0.25) is 0 Å². The number of phenols is 2. The number of anilines is 1. The monoisotopic (exact) mass is 606 g/mol. The Kier molecular flexibility index (Phi) is 12.1. The first-order valence-corrected chi connectivity index (χ1v) is 16.2. The number of rotatable bonds is 8. The van der Waals surface area contributed by atoms with Gasteiger partial charge in [0.1, 0.15) is 22.8 Å². The molecule has 1 saturated carbocycles. The second kappa shape index (κ2) is 16.0. The van der Waals surface area contributed by atoms with Gasteiger partial charge in [0.05, 0.1) is 6.61 Å². The number of hydrogen-bond donors (Lipinski definition) is 3. The number of amides is 2. The Morgan fingerprint density at radius 3 is 2.43 bits per heavy atom. The van der Waals surface area contributed by atoms with Gasteiger partial charge in [-0.15, -0.1) is 0 Å². The molecule has 2 aromatic rings. The third-order valence-corrected chi connectivity index (χ3v) is 8.64. The fourth-order valence-electron chi connectivity index (χ4n) is 6.03. The molecule has 3 aliphatic rings. The number of aromatic hydroxyl groups is 2. The second-order valence-corrected chi connectivity index (χ2v) is 12.4. The lowest BCUT2D eigenvalue weighted by atomic mass is 9.90. The van der Waals surface area contributed by atoms with Crippen molar-refractivity contribution in [2.45, 2.75) is 72.4 Å². The number of piperazine rings is 1. The number of nitrogens with one attached hydrogen (secondary N) is 1. The fourth-order valence-corrected chi connectivity index (χ4v) is 6.03. The summed E-state index contributed by atoms with van der Waals surface area (Å²) in [6.07, 6.45) is 10.4. The lowest BCUT2D eigenvalue weighted by Crippen LogP contribution is -2.44. The molecule has 44 heavy (non-hydrogen) atoms. The molecule has 2 fully saturated rings. The maximum Gasteiger partial charge on any atom is 0.262 e. The Balaban J connectivity index is 0.00000141. The number of ether oxygens (including phenoxy) is 1. The Bertz CT molecular complexity index is 1310. The normalized spacial score (nSPS) is 17.7. The van der Waals surface area contributed by atoms with Gasteiger partial charge in [-0.3, -0.25) is 14.5 Å². The molecule has 0 atom stereocenters. The van der Waals surface area contributed by atoms with E-state index in [1.165, 1.54) is 31.7 Å². The van der Waals surface area contributed by atoms with Gasteiger partial charge in [0.2, 0.25) is 5.91 Å². The van der Waals surface area contributed by atoms with Crippen LogP contribution in [0.25, 0.3) is 0 Å². The standard InChI is InChI=1S/C32H42N4O5.C3H8/c1-22-27(37)18-28(38)30(31(22)41-21-23-8-4-3-5-9-23)32(40)36-19-24-10-6-11-26(25(24)20-36)33-29(39)12-7-13-35-16-14-34(2)15-17-35;1-3-2/h6-7,10-12,18,23,37-38H,3-5,8-9,13-17,19-21H2,1-2H3,(H,33,39);3H2,1-2H3/b12-7+;. The number of nitrogens with zero attached hydrogens (tertiary/aromatic N) is 3. The van der Waals surface area contributed by atoms with Crippen molar-refractivity contribution in [3.05, 3.63) is 58.7 Å². The minimum absolute atomic E-state index is 0.0707. The minimum atomic E-state index is -0.371. The first-order valence-electron chi connectivity index (χ1n) is 16.2. The van der Waals surface area contributed by atoms with E-state index in [1.807, 2.05) is 24.3 Å². The molecule has 0 aromatic heterocycles. The van der Waals surface area contributed by atoms with Gasteiger partial charge in [-0.25, -0.2) is 0 Å². The maximum atomic E-state index is 13.8. The van der Waals surface area contributed by atoms with E-state index in [0.717, 1.165) is 56.7 Å². The van der Waals surface area contributed by atoms with E-state index in [-0.39, 0.29) is 41.2 Å². The van der Waals surface area contributed by atoms with Crippen molar-refractivity contribution in [3.63, 3.8) is 0 Å². The van der Waals surface area contributed by atoms with Crippen LogP contribution in [-0.2, 0) is 17.9 Å². The number of phenolic OH excluding ortho intramolecular Hbond substituents is 2. The highest BCUT2D eigenvalue weighted by Gasteiger charge is 2.32. The first kappa shape index (κ1) is 33.3. The molecule has 0 radical (unpaired) electrons. The molecule has 240 valence electrons. The van der Waals surface area contributed by atoms with Crippen molar-refractivity contribution in [2.24, 2.45) is 5.92 Å². The van der Waals surface area contributed by atoms with E-state index < -0.39 is 0 Å². The molecule has 2 amide bonds. The Morgan fingerprint density at radius 1 is 1.02 bits per heavy atom. The molecule has 0 bridgehead atoms. The summed E-state index contributed by atoms with van der Waals surface area (Å²) < 4.78 is 6.15. The minimum Gasteiger partial charge on any atom is -0.507 e. The van der Waals surface area contributed by atoms with Crippen molar-refractivity contribution in [3.8, 4) is 17.2 Å². The van der Waals surface area contributed by atoms with E-state index in [2.05, 4.69) is 36.0 Å². The van der Waals surface area contributed by atoms with Gasteiger partial charge in [0, 0.05) is 74.8 Å². The zero-order valence-corrected chi connectivity index (χ0v) is 26.9. The van der Waals surface area contributed by atoms with Gasteiger partial charge < -0.3 is 30.1 Å². The molecule has 9 heteroatoms. The zero-order valence-electron chi connectivity index (χ0n) is 26.9. The molecule has 9 nitrogen and oxygen atoms in total. The van der Waals surface area contributed by atoms with Gasteiger partial charge in [0.15, 0.2) is 0 Å². The van der Waals surface area contributed by atoms with Crippen molar-refractivity contribution in [2.75, 3.05) is 51.7 Å². The molecule has 1 aliphatic carbocycles. The first-order chi connectivity index (χ1) is 21.2. The van der Waals surface area contributed by atoms with E-state index in [0.29, 0.717) is 30.3 Å². The summed E-state index contributed by atoms with van der Waals surface area (Å²) >= 11 is 0. The average Bonchev–Trinajstić information content (AvgIpc) is 3.45. The van der Waals surface area contributed by atoms with Gasteiger partial charge in [-0.1, -0.05) is 57.7 Å². The number of likely N-dealkylation sites (N-methyl/N-ethyl adjacent to an activating group) is 1. The predicted molar refractivity (Wildman–Crippen MR) is 174 cm³/mol. The molecule has 5 rings (SSSR count). The van der Waals surface area contributed by atoms with Crippen molar-refractivity contribution >= 4 is 17.5 Å². The maximum absolute atomic E-state index is 13.8. The third kappa shape index (κ3) is 8.54. The average molecular weight is 607 g/mol. The van der Waals surface area contributed by atoms with Gasteiger partial charge >= 0.3 is 0 Å². The number of benzene rings is 2. The van der Waals surface area contributed by atoms with E-state index in [4.69, 9.17) is 4.74 Å². The van der Waals surface area contributed by atoms with E-state index >= 15 is 0 Å². The summed E-state index contributed by atoms with van der Waals surface area (Å²) in [7, 11) is 2.12. The van der Waals surface area contributed by atoms with Crippen LogP contribution in [0, 0.1) is 12.8 Å². The molecular formula is C35H50N4O5. The fraction of sp³-hybridized carbons (Fsp3) is 0.543. The summed E-state index contributed by atoms with van der Waals surface area (Å²) in [5.41, 5.74) is 3.00. The molecule has 0 spiro atoms. The number of carbonyl (C=O) groups excluding carboxylic acids is 2. The van der Waals surface area contributed by atoms with Crippen LogP contribution in [-0.4, -0.2) is 83.1 Å². The zero-order chi connectivity index (χ0) is 31.6. The SMILES string of the molecule is CCC.Cc1c(O)cc(O)c(C(=O)N2Cc3cccc(NC(=O)/C=C/CN4CCN(C)CC4)c3C2)c1OCC1CCCCC1. The summed E-state index contributed by atoms with van der Waals surface area (Å²) in [4.78, 5) is 32.8. The van der Waals surface area contributed by atoms with Crippen LogP contribution in [0.4, 0.5) is 5.69 Å². The van der Waals surface area contributed by atoms with Crippen LogP contribution in [0.1, 0.15) is 79.4 Å². The summed E-state index contributed by atoms with van der Waals surface area (Å²) in [5, 5.41) is 24.2. The Morgan fingerprint density at radius 2 is 1.73 bits per heavy atom. The largest absolute Gasteiger partial charge is 0.507 e. The topological polar surface area (TPSA) is 106 Å². The molecule has 3 N–H and O–H groups in total. The van der Waals surface area contributed by atoms with Gasteiger partial charge in [-0.2, -0.15) is 0 Å². The molecular weight excluding hydrogens is 556 g/mol. The Labute approximate surface area is 262 Å². The highest BCUT2D eigenvalue weighted by molar-refractivity contribution is 6.02. The molecule has 0 unspecified atom stereocenters. The van der Waals surface area contributed by atoms with E-state index in [9.17, 15) is 19.8 Å². The third-order valence-electron chi connectivity index (χ3n) is 8.64. The molecule has 1 saturated heterocycles. The van der Waals surface area contributed by atoms with Crippen LogP contribution < -0.4 is 10.1 Å². The van der Waals surface area contributed by atoms with Crippen LogP contribution in [0.15, 0.2) is 36.4 Å². The smallest absolute Gasteiger partial charge is 0.262 e. The summed E-state index contributed by atoms with van der Waals surface area (Å²) in [6.45, 7) is 11.8. The summed E-state index contributed by atoms with van der Waals surface area (Å²) in [6, 6.07) is 6.88. The van der Waals surface area contributed by atoms with Crippen LogP contribution >= 0.6 is 0 Å². The van der Waals surface area contributed by atoms with Crippen molar-refractivity contribution < 1.29 is 24.5 Å². The lowest BCUT2D eigenvalue weighted by molar-refractivity contribution is -0.111. The second-order valence-electron chi connectivity index (χ2n) is 12.4. The van der Waals surface area contributed by atoms with Crippen LogP contribution in [0.3, 0.4) is 0 Å². The lowest BCUT2D eigenvalue weighted by Gasteiger charge is -2.31. The highest BCUT2D eigenvalue weighted by Crippen LogP contribution is 2.41. The predicted octanol–water partition coefficient (Wildman–Crippen LogP) is 5.68.